The fourth-order valence-corrected chi connectivity index (χ4v) is 3.07. The topological polar surface area (TPSA) is 29.3 Å². The van der Waals surface area contributed by atoms with Gasteiger partial charge in [0.25, 0.3) is 0 Å². The predicted octanol–water partition coefficient (Wildman–Crippen LogP) is 3.51. The van der Waals surface area contributed by atoms with Gasteiger partial charge in [0.2, 0.25) is 0 Å². The molecule has 0 bridgehead atoms. The standard InChI is InChI=1S/C13H27F3N2S/c1-5-11(9-19-4)18(3)12(2,10-17)7-6-8-13(14,15)16/h11H,5-10,17H2,1-4H3. The highest BCUT2D eigenvalue weighted by atomic mass is 32.2. The van der Waals surface area contributed by atoms with Crippen molar-refractivity contribution in [3.8, 4) is 0 Å². The molecule has 2 nitrogen and oxygen atoms in total. The maximum absolute atomic E-state index is 12.2. The third-order valence-corrected chi connectivity index (χ3v) is 4.56. The second-order valence-corrected chi connectivity index (χ2v) is 6.21. The molecule has 116 valence electrons. The molecule has 0 aromatic carbocycles. The minimum Gasteiger partial charge on any atom is -0.329 e. The molecule has 0 spiro atoms. The zero-order valence-corrected chi connectivity index (χ0v) is 13.2. The lowest BCUT2D eigenvalue weighted by Gasteiger charge is -2.43. The molecule has 0 aliphatic heterocycles. The summed E-state index contributed by atoms with van der Waals surface area (Å²) in [5.41, 5.74) is 5.46. The Balaban J connectivity index is 4.56. The lowest BCUT2D eigenvalue weighted by atomic mass is 9.91. The Kier molecular flexibility index (Phi) is 8.40. The monoisotopic (exact) mass is 300 g/mol. The van der Waals surface area contributed by atoms with Crippen LogP contribution in [-0.4, -0.2) is 48.3 Å². The smallest absolute Gasteiger partial charge is 0.329 e. The van der Waals surface area contributed by atoms with E-state index < -0.39 is 12.6 Å². The van der Waals surface area contributed by atoms with E-state index in [1.165, 1.54) is 0 Å². The molecule has 0 amide bonds. The van der Waals surface area contributed by atoms with Crippen molar-refractivity contribution in [1.29, 1.82) is 0 Å². The molecule has 0 aliphatic rings. The number of thioether (sulfide) groups is 1. The average molecular weight is 300 g/mol. The summed E-state index contributed by atoms with van der Waals surface area (Å²) in [6.45, 7) is 4.45. The molecule has 19 heavy (non-hydrogen) atoms. The third kappa shape index (κ3) is 6.86. The van der Waals surface area contributed by atoms with Gasteiger partial charge in [-0.15, -0.1) is 0 Å². The van der Waals surface area contributed by atoms with Crippen molar-refractivity contribution in [2.24, 2.45) is 5.73 Å². The highest BCUT2D eigenvalue weighted by Gasteiger charge is 2.34. The van der Waals surface area contributed by atoms with Gasteiger partial charge in [-0.3, -0.25) is 4.90 Å². The van der Waals surface area contributed by atoms with Crippen molar-refractivity contribution < 1.29 is 13.2 Å². The number of alkyl halides is 3. The van der Waals surface area contributed by atoms with E-state index in [-0.39, 0.29) is 12.0 Å². The van der Waals surface area contributed by atoms with Crippen molar-refractivity contribution in [2.75, 3.05) is 25.6 Å². The lowest BCUT2D eigenvalue weighted by molar-refractivity contribution is -0.136. The van der Waals surface area contributed by atoms with Gasteiger partial charge in [-0.25, -0.2) is 0 Å². The van der Waals surface area contributed by atoms with Gasteiger partial charge in [0.1, 0.15) is 0 Å². The van der Waals surface area contributed by atoms with E-state index in [4.69, 9.17) is 5.73 Å². The van der Waals surface area contributed by atoms with Crippen LogP contribution in [0.25, 0.3) is 0 Å². The second kappa shape index (κ2) is 8.37. The van der Waals surface area contributed by atoms with Crippen LogP contribution in [0.1, 0.15) is 39.5 Å². The van der Waals surface area contributed by atoms with E-state index in [0.29, 0.717) is 19.0 Å². The summed E-state index contributed by atoms with van der Waals surface area (Å²) in [7, 11) is 1.98. The van der Waals surface area contributed by atoms with Gasteiger partial charge in [0.15, 0.2) is 0 Å². The van der Waals surface area contributed by atoms with Gasteiger partial charge in [-0.05, 0) is 39.5 Å². The Morgan fingerprint density at radius 1 is 1.26 bits per heavy atom. The number of hydrogen-bond donors (Lipinski definition) is 1. The molecule has 2 atom stereocenters. The molecule has 0 aromatic rings. The van der Waals surface area contributed by atoms with Crippen LogP contribution in [0.2, 0.25) is 0 Å². The Morgan fingerprint density at radius 2 is 1.84 bits per heavy atom. The van der Waals surface area contributed by atoms with Crippen molar-refractivity contribution in [2.45, 2.75) is 57.3 Å². The van der Waals surface area contributed by atoms with Crippen LogP contribution in [0.15, 0.2) is 0 Å². The van der Waals surface area contributed by atoms with Crippen LogP contribution >= 0.6 is 11.8 Å². The van der Waals surface area contributed by atoms with Crippen molar-refractivity contribution in [3.63, 3.8) is 0 Å². The fraction of sp³-hybridized carbons (Fsp3) is 1.00. The summed E-state index contributed by atoms with van der Waals surface area (Å²) in [5.74, 6) is 0.974. The third-order valence-electron chi connectivity index (χ3n) is 3.84. The van der Waals surface area contributed by atoms with Crippen molar-refractivity contribution >= 4 is 11.8 Å². The molecule has 2 unspecified atom stereocenters. The molecule has 6 heteroatoms. The lowest BCUT2D eigenvalue weighted by Crippen LogP contribution is -2.54. The van der Waals surface area contributed by atoms with Crippen LogP contribution in [-0.2, 0) is 0 Å². The normalized spacial score (nSPS) is 17.5. The Bertz CT molecular complexity index is 249. The summed E-state index contributed by atoms with van der Waals surface area (Å²) in [4.78, 5) is 2.17. The molecular formula is C13H27F3N2S. The van der Waals surface area contributed by atoms with Gasteiger partial charge in [0.05, 0.1) is 0 Å². The highest BCUT2D eigenvalue weighted by molar-refractivity contribution is 7.98. The number of nitrogens with two attached hydrogens (primary N) is 1. The first-order chi connectivity index (χ1) is 8.70. The summed E-state index contributed by atoms with van der Waals surface area (Å²) < 4.78 is 36.7. The zero-order chi connectivity index (χ0) is 15.1. The number of rotatable bonds is 9. The summed E-state index contributed by atoms with van der Waals surface area (Å²) in [5, 5.41) is 0. The van der Waals surface area contributed by atoms with Crippen LogP contribution < -0.4 is 5.73 Å². The van der Waals surface area contributed by atoms with Crippen LogP contribution in [0, 0.1) is 0 Å². The predicted molar refractivity (Wildman–Crippen MR) is 77.6 cm³/mol. The van der Waals surface area contributed by atoms with E-state index in [0.717, 1.165) is 12.2 Å². The molecule has 0 radical (unpaired) electrons. The van der Waals surface area contributed by atoms with E-state index in [2.05, 4.69) is 11.8 Å². The molecule has 0 saturated heterocycles. The minimum absolute atomic E-state index is 0.136. The Morgan fingerprint density at radius 3 is 2.21 bits per heavy atom. The quantitative estimate of drug-likeness (QED) is 0.706. The van der Waals surface area contributed by atoms with Gasteiger partial charge in [0, 0.05) is 30.3 Å². The Labute approximate surface area is 119 Å². The summed E-state index contributed by atoms with van der Waals surface area (Å²) in [6, 6.07) is 0.356. The van der Waals surface area contributed by atoms with Gasteiger partial charge in [-0.1, -0.05) is 6.92 Å². The van der Waals surface area contributed by atoms with Crippen LogP contribution in [0.5, 0.6) is 0 Å². The van der Waals surface area contributed by atoms with Crippen LogP contribution in [0.3, 0.4) is 0 Å². The molecule has 0 saturated carbocycles. The zero-order valence-electron chi connectivity index (χ0n) is 12.4. The number of hydrogen-bond acceptors (Lipinski definition) is 3. The number of nitrogens with zero attached hydrogens (tertiary/aromatic N) is 1. The maximum atomic E-state index is 12.2. The largest absolute Gasteiger partial charge is 0.389 e. The van der Waals surface area contributed by atoms with E-state index in [1.807, 2.05) is 20.2 Å². The molecule has 2 N–H and O–H groups in total. The van der Waals surface area contributed by atoms with Crippen molar-refractivity contribution in [3.05, 3.63) is 0 Å². The molecular weight excluding hydrogens is 273 g/mol. The molecule has 0 aromatic heterocycles. The van der Waals surface area contributed by atoms with Gasteiger partial charge < -0.3 is 5.73 Å². The minimum atomic E-state index is -4.07. The van der Waals surface area contributed by atoms with Crippen LogP contribution in [0.4, 0.5) is 13.2 Å². The summed E-state index contributed by atoms with van der Waals surface area (Å²) in [6.07, 6.45) is -1.17. The average Bonchev–Trinajstić information content (AvgIpc) is 2.33. The van der Waals surface area contributed by atoms with E-state index in [1.54, 1.807) is 11.8 Å². The molecule has 0 heterocycles. The first kappa shape index (κ1) is 19.1. The Hall–Kier alpha value is 0.0600. The number of halogens is 3. The maximum Gasteiger partial charge on any atom is 0.389 e. The first-order valence-electron chi connectivity index (χ1n) is 6.69. The molecule has 0 fully saturated rings. The highest BCUT2D eigenvalue weighted by Crippen LogP contribution is 2.28. The van der Waals surface area contributed by atoms with Gasteiger partial charge in [-0.2, -0.15) is 24.9 Å². The van der Waals surface area contributed by atoms with E-state index in [9.17, 15) is 13.2 Å². The molecule has 0 rings (SSSR count). The number of likely N-dealkylation sites (N-methyl/N-ethyl adjacent to an activating group) is 1. The van der Waals surface area contributed by atoms with Crippen molar-refractivity contribution in [1.82, 2.24) is 4.90 Å². The fourth-order valence-electron chi connectivity index (χ4n) is 2.23. The molecule has 0 aliphatic carbocycles. The summed E-state index contributed by atoms with van der Waals surface area (Å²) >= 11 is 1.75. The second-order valence-electron chi connectivity index (χ2n) is 5.30. The SMILES string of the molecule is CCC(CSC)N(C)C(C)(CN)CCCC(F)(F)F. The first-order valence-corrected chi connectivity index (χ1v) is 8.08. The van der Waals surface area contributed by atoms with Gasteiger partial charge >= 0.3 is 6.18 Å². The van der Waals surface area contributed by atoms with E-state index >= 15 is 0 Å².